The summed E-state index contributed by atoms with van der Waals surface area (Å²) in [5, 5.41) is 7.63. The van der Waals surface area contributed by atoms with Crippen LogP contribution in [-0.2, 0) is 13.1 Å². The number of halogens is 2. The van der Waals surface area contributed by atoms with Crippen LogP contribution < -0.4 is 10.7 Å². The summed E-state index contributed by atoms with van der Waals surface area (Å²) in [4.78, 5) is 4.29. The molecule has 0 atom stereocenters. The van der Waals surface area contributed by atoms with Gasteiger partial charge in [-0.1, -0.05) is 6.07 Å². The number of aromatic nitrogens is 1. The van der Waals surface area contributed by atoms with Gasteiger partial charge in [-0.05, 0) is 52.0 Å². The van der Waals surface area contributed by atoms with E-state index in [1.54, 1.807) is 6.21 Å². The van der Waals surface area contributed by atoms with Gasteiger partial charge in [0.1, 0.15) is 0 Å². The van der Waals surface area contributed by atoms with Gasteiger partial charge in [0.05, 0.1) is 11.9 Å². The Morgan fingerprint density at radius 1 is 1.40 bits per heavy atom. The van der Waals surface area contributed by atoms with Crippen molar-refractivity contribution in [3.05, 3.63) is 29.6 Å². The van der Waals surface area contributed by atoms with E-state index in [4.69, 9.17) is 12.2 Å². The fraction of sp³-hybridized carbons (Fsp3) is 0.417. The second-order valence-corrected chi connectivity index (χ2v) is 6.78. The van der Waals surface area contributed by atoms with Crippen LogP contribution >= 0.6 is 32.4 Å². The Balaban J connectivity index is 0.00000110. The van der Waals surface area contributed by atoms with Gasteiger partial charge < -0.3 is 5.32 Å². The van der Waals surface area contributed by atoms with E-state index in [9.17, 15) is 0 Å². The van der Waals surface area contributed by atoms with Gasteiger partial charge in [0, 0.05) is 11.2 Å². The van der Waals surface area contributed by atoms with Crippen molar-refractivity contribution >= 4 is 43.7 Å². The molecule has 0 aliphatic rings. The summed E-state index contributed by atoms with van der Waals surface area (Å²) < 4.78 is 0. The summed E-state index contributed by atoms with van der Waals surface area (Å²) in [6.07, 6.45) is 1.64. The van der Waals surface area contributed by atoms with Gasteiger partial charge in [0.25, 0.3) is 0 Å². The first-order chi connectivity index (χ1) is 9.28. The molecule has 0 spiro atoms. The fourth-order valence-electron chi connectivity index (χ4n) is 1.16. The summed E-state index contributed by atoms with van der Waals surface area (Å²) in [5.74, 6) is 0. The van der Waals surface area contributed by atoms with Crippen LogP contribution in [0.3, 0.4) is 0 Å². The first-order valence-electron chi connectivity index (χ1n) is 5.64. The number of rotatable bonds is 2. The van der Waals surface area contributed by atoms with Crippen LogP contribution in [0.5, 0.6) is 0 Å². The molecule has 2 N–H and O–H groups in total. The van der Waals surface area contributed by atoms with Gasteiger partial charge in [-0.25, -0.2) is 0 Å². The van der Waals surface area contributed by atoms with Crippen molar-refractivity contribution < 1.29 is 13.1 Å². The summed E-state index contributed by atoms with van der Waals surface area (Å²) in [5.41, 5.74) is 4.45. The topological polar surface area (TPSA) is 49.3 Å². The number of nitrogens with zero attached hydrogens (tertiary/aromatic N) is 2. The maximum atomic E-state index is 5.09. The molecule has 0 unspecified atom stereocenters. The maximum absolute atomic E-state index is 5.09. The third-order valence-electron chi connectivity index (χ3n) is 1.76. The zero-order chi connectivity index (χ0) is 15.6. The molecule has 0 saturated heterocycles. The minimum atomic E-state index is -0.0683. The molecule has 117 valence electrons. The van der Waals surface area contributed by atoms with Gasteiger partial charge in [0.2, 0.25) is 0 Å². The van der Waals surface area contributed by atoms with Gasteiger partial charge in [-0.15, -0.1) is 0 Å². The van der Waals surface area contributed by atoms with Crippen LogP contribution in [-0.4, -0.2) is 21.8 Å². The summed E-state index contributed by atoms with van der Waals surface area (Å²) >= 11 is 5.84. The molecule has 1 rings (SSSR count). The van der Waals surface area contributed by atoms with Crippen molar-refractivity contribution in [1.82, 2.24) is 15.7 Å². The van der Waals surface area contributed by atoms with E-state index in [-0.39, 0.29) is 5.54 Å². The van der Waals surface area contributed by atoms with E-state index in [0.717, 1.165) is 24.5 Å². The third kappa shape index (κ3) is 11.4. The van der Waals surface area contributed by atoms with Crippen LogP contribution in [0.2, 0.25) is 0 Å². The van der Waals surface area contributed by atoms with Crippen LogP contribution in [0.15, 0.2) is 23.3 Å². The first kappa shape index (κ1) is 19.6. The summed E-state index contributed by atoms with van der Waals surface area (Å²) in [7, 11) is 9.34. The van der Waals surface area contributed by atoms with Crippen LogP contribution in [0, 0.1) is 6.92 Å². The molecule has 1 aromatic rings. The SMILES string of the molecule is Cc1cccc(C=NNC(=S)NC(C)(C)C)n1.[Cl][Cu][Cl]. The first-order valence-corrected chi connectivity index (χ1v) is 8.64. The summed E-state index contributed by atoms with van der Waals surface area (Å²) in [6.45, 7) is 8.04. The number of thiocarbonyl (C=S) groups is 1. The number of nitrogens with one attached hydrogen (secondary N) is 2. The molecular formula is C12H18Cl2CuN4S. The van der Waals surface area contributed by atoms with Gasteiger partial charge in [0.15, 0.2) is 5.11 Å². The Morgan fingerprint density at radius 2 is 2.00 bits per heavy atom. The molecule has 0 saturated carbocycles. The molecule has 0 aliphatic heterocycles. The molecule has 1 aromatic heterocycles. The van der Waals surface area contributed by atoms with Crippen molar-refractivity contribution in [2.24, 2.45) is 5.10 Å². The van der Waals surface area contributed by atoms with E-state index >= 15 is 0 Å². The van der Waals surface area contributed by atoms with E-state index in [2.05, 4.69) is 41.0 Å². The van der Waals surface area contributed by atoms with E-state index < -0.39 is 0 Å². The average Bonchev–Trinajstić information content (AvgIpc) is 2.27. The van der Waals surface area contributed by atoms with Crippen molar-refractivity contribution in [2.45, 2.75) is 33.2 Å². The normalized spacial score (nSPS) is 10.9. The number of hydrogen-bond acceptors (Lipinski definition) is 3. The van der Waals surface area contributed by atoms with Gasteiger partial charge in [-0.3, -0.25) is 10.4 Å². The standard InChI is InChI=1S/C12H18N4S.2ClH.Cu/c1-9-6-5-7-10(14-9)8-13-16-11(17)15-12(2,3)4;;;/h5-8H,1-4H3,(H2,15,16,17);2*1H;/q;;;+2/p-2. The van der Waals surface area contributed by atoms with Crippen LogP contribution in [0.25, 0.3) is 0 Å². The Hall–Kier alpha value is -0.391. The number of hydrazone groups is 1. The molecular weight excluding hydrogens is 367 g/mol. The molecule has 1 heterocycles. The molecule has 0 fully saturated rings. The number of aryl methyl sites for hydroxylation is 1. The van der Waals surface area contributed by atoms with Gasteiger partial charge >= 0.3 is 33.3 Å². The zero-order valence-electron chi connectivity index (χ0n) is 11.7. The second-order valence-electron chi connectivity index (χ2n) is 4.82. The quantitative estimate of drug-likeness (QED) is 0.355. The van der Waals surface area contributed by atoms with Crippen LogP contribution in [0.1, 0.15) is 32.2 Å². The Morgan fingerprint density at radius 3 is 2.50 bits per heavy atom. The van der Waals surface area contributed by atoms with Crippen molar-refractivity contribution in [3.63, 3.8) is 0 Å². The Kier molecular flexibility index (Phi) is 10.2. The molecule has 0 bridgehead atoms. The predicted octanol–water partition coefficient (Wildman–Crippen LogP) is 3.36. The Bertz CT molecular complexity index is 449. The molecule has 0 aliphatic carbocycles. The van der Waals surface area contributed by atoms with E-state index in [1.165, 1.54) is 0 Å². The van der Waals surface area contributed by atoms with Crippen molar-refractivity contribution in [2.75, 3.05) is 0 Å². The van der Waals surface area contributed by atoms with E-state index in [0.29, 0.717) is 5.11 Å². The van der Waals surface area contributed by atoms with Crippen molar-refractivity contribution in [3.8, 4) is 0 Å². The molecule has 20 heavy (non-hydrogen) atoms. The van der Waals surface area contributed by atoms with Crippen LogP contribution in [0.4, 0.5) is 0 Å². The third-order valence-corrected chi connectivity index (χ3v) is 1.95. The second kappa shape index (κ2) is 10.4. The van der Waals surface area contributed by atoms with Crippen molar-refractivity contribution in [1.29, 1.82) is 0 Å². The monoisotopic (exact) mass is 383 g/mol. The Labute approximate surface area is 140 Å². The average molecular weight is 385 g/mol. The molecule has 0 amide bonds. The zero-order valence-corrected chi connectivity index (χ0v) is 14.9. The van der Waals surface area contributed by atoms with Gasteiger partial charge in [-0.2, -0.15) is 5.10 Å². The van der Waals surface area contributed by atoms with E-state index in [1.807, 2.05) is 45.9 Å². The molecule has 4 nitrogen and oxygen atoms in total. The summed E-state index contributed by atoms with van der Waals surface area (Å²) in [6, 6.07) is 5.77. The molecule has 0 radical (unpaired) electrons. The number of pyridine rings is 1. The fourth-order valence-corrected chi connectivity index (χ4v) is 1.52. The molecule has 8 heteroatoms. The molecule has 0 aromatic carbocycles. The minimum absolute atomic E-state index is 0.0683. The number of hydrogen-bond donors (Lipinski definition) is 2. The predicted molar refractivity (Wildman–Crippen MR) is 86.9 cm³/mol.